The van der Waals surface area contributed by atoms with Gasteiger partial charge in [-0.3, -0.25) is 14.6 Å². The van der Waals surface area contributed by atoms with Crippen molar-refractivity contribution >= 4 is 5.78 Å². The van der Waals surface area contributed by atoms with Crippen LogP contribution < -0.4 is 0 Å². The summed E-state index contributed by atoms with van der Waals surface area (Å²) in [6.45, 7) is 10.3. The van der Waals surface area contributed by atoms with E-state index in [9.17, 15) is 13.6 Å². The fraction of sp³-hybridized carbons (Fsp3) is 0.786. The molecule has 0 N–H and O–H groups in total. The predicted octanol–water partition coefficient (Wildman–Crippen LogP) is 1.94. The molecule has 2 rings (SSSR count). The van der Waals surface area contributed by atoms with Gasteiger partial charge < -0.3 is 0 Å². The van der Waals surface area contributed by atoms with Gasteiger partial charge in [-0.15, -0.1) is 0 Å². The Bertz CT molecular complexity index is 391. The van der Waals surface area contributed by atoms with Crippen molar-refractivity contribution in [3.05, 3.63) is 11.6 Å². The van der Waals surface area contributed by atoms with Crippen molar-refractivity contribution in [1.82, 2.24) is 9.80 Å². The second-order valence-electron chi connectivity index (χ2n) is 6.46. The van der Waals surface area contributed by atoms with Crippen LogP contribution in [0.15, 0.2) is 11.6 Å². The van der Waals surface area contributed by atoms with E-state index in [0.29, 0.717) is 5.57 Å². The van der Waals surface area contributed by atoms with Crippen molar-refractivity contribution in [2.24, 2.45) is 0 Å². The van der Waals surface area contributed by atoms with Gasteiger partial charge in [-0.05, 0) is 26.8 Å². The first-order chi connectivity index (χ1) is 8.67. The van der Waals surface area contributed by atoms with E-state index in [1.54, 1.807) is 0 Å². The molecule has 0 aromatic rings. The molecule has 1 aliphatic heterocycles. The van der Waals surface area contributed by atoms with Gasteiger partial charge in [0.1, 0.15) is 0 Å². The smallest absolute Gasteiger partial charge is 0.271 e. The zero-order chi connectivity index (χ0) is 14.3. The number of ketones is 1. The van der Waals surface area contributed by atoms with Gasteiger partial charge in [-0.1, -0.05) is 0 Å². The van der Waals surface area contributed by atoms with E-state index in [0.717, 1.165) is 32.3 Å². The highest BCUT2D eigenvalue weighted by Gasteiger charge is 2.40. The van der Waals surface area contributed by atoms with Gasteiger partial charge in [0, 0.05) is 43.7 Å². The number of allylic oxidation sites excluding steroid dienone is 1. The molecule has 2 aliphatic rings. The average Bonchev–Trinajstić information content (AvgIpc) is 2.25. The Morgan fingerprint density at radius 3 is 2.21 bits per heavy atom. The summed E-state index contributed by atoms with van der Waals surface area (Å²) in [7, 11) is 0. The molecule has 108 valence electrons. The minimum absolute atomic E-state index is 0.143. The molecule has 5 heteroatoms. The molecule has 0 spiro atoms. The van der Waals surface area contributed by atoms with E-state index >= 15 is 0 Å². The fourth-order valence-electron chi connectivity index (χ4n) is 2.54. The van der Waals surface area contributed by atoms with Gasteiger partial charge in [0.15, 0.2) is 5.78 Å². The van der Waals surface area contributed by atoms with Crippen LogP contribution in [0.1, 0.15) is 27.2 Å². The van der Waals surface area contributed by atoms with Gasteiger partial charge in [0.25, 0.3) is 5.92 Å². The second-order valence-corrected chi connectivity index (χ2v) is 6.46. The summed E-state index contributed by atoms with van der Waals surface area (Å²) >= 11 is 0. The molecule has 1 saturated heterocycles. The van der Waals surface area contributed by atoms with Crippen LogP contribution >= 0.6 is 0 Å². The van der Waals surface area contributed by atoms with Crippen molar-refractivity contribution in [2.45, 2.75) is 38.7 Å². The van der Waals surface area contributed by atoms with Crippen LogP contribution in [0.3, 0.4) is 0 Å². The van der Waals surface area contributed by atoms with Gasteiger partial charge >= 0.3 is 0 Å². The number of Topliss-reactive ketones (excluding diaryl/α,β-unsaturated/α-hetero) is 1. The maximum atomic E-state index is 12.7. The molecule has 3 nitrogen and oxygen atoms in total. The Labute approximate surface area is 113 Å². The van der Waals surface area contributed by atoms with Crippen molar-refractivity contribution < 1.29 is 13.6 Å². The first kappa shape index (κ1) is 14.6. The Kier molecular flexibility index (Phi) is 3.80. The molecule has 0 atom stereocenters. The van der Waals surface area contributed by atoms with E-state index in [2.05, 4.69) is 30.6 Å². The summed E-state index contributed by atoms with van der Waals surface area (Å²) in [5, 5.41) is 0. The molecule has 19 heavy (non-hydrogen) atoms. The third kappa shape index (κ3) is 3.60. The van der Waals surface area contributed by atoms with Crippen LogP contribution in [0.4, 0.5) is 8.78 Å². The van der Waals surface area contributed by atoms with Crippen LogP contribution in [0, 0.1) is 0 Å². The number of carbonyl (C=O) groups excluding carboxylic acids is 1. The van der Waals surface area contributed by atoms with Crippen molar-refractivity contribution in [1.29, 1.82) is 0 Å². The minimum Gasteiger partial charge on any atom is -0.296 e. The highest BCUT2D eigenvalue weighted by molar-refractivity contribution is 5.98. The number of alkyl halides is 2. The zero-order valence-corrected chi connectivity index (χ0v) is 11.9. The van der Waals surface area contributed by atoms with E-state index in [1.165, 1.54) is 0 Å². The molecule has 0 aromatic carbocycles. The first-order valence-electron chi connectivity index (χ1n) is 6.77. The lowest BCUT2D eigenvalue weighted by molar-refractivity contribution is -0.119. The molecule has 0 saturated carbocycles. The van der Waals surface area contributed by atoms with Crippen LogP contribution in [0.25, 0.3) is 0 Å². The number of hydrogen-bond donors (Lipinski definition) is 0. The van der Waals surface area contributed by atoms with Gasteiger partial charge in [0.05, 0.1) is 6.54 Å². The Morgan fingerprint density at radius 2 is 1.79 bits per heavy atom. The predicted molar refractivity (Wildman–Crippen MR) is 70.4 cm³/mol. The largest absolute Gasteiger partial charge is 0.296 e. The first-order valence-corrected chi connectivity index (χ1v) is 6.77. The number of rotatable bonds is 3. The van der Waals surface area contributed by atoms with Gasteiger partial charge in [-0.25, -0.2) is 8.78 Å². The van der Waals surface area contributed by atoms with E-state index in [-0.39, 0.29) is 24.3 Å². The number of carbonyl (C=O) groups is 1. The van der Waals surface area contributed by atoms with E-state index in [4.69, 9.17) is 0 Å². The monoisotopic (exact) mass is 272 g/mol. The lowest BCUT2D eigenvalue weighted by Gasteiger charge is -2.42. The summed E-state index contributed by atoms with van der Waals surface area (Å²) in [5.41, 5.74) is 0.442. The number of piperazine rings is 1. The van der Waals surface area contributed by atoms with Crippen molar-refractivity contribution in [3.63, 3.8) is 0 Å². The number of nitrogens with zero attached hydrogens (tertiary/aromatic N) is 2. The summed E-state index contributed by atoms with van der Waals surface area (Å²) in [6, 6.07) is 0. The van der Waals surface area contributed by atoms with Crippen LogP contribution in [-0.4, -0.2) is 59.8 Å². The highest BCUT2D eigenvalue weighted by atomic mass is 19.3. The summed E-state index contributed by atoms with van der Waals surface area (Å²) in [4.78, 5) is 16.2. The Balaban J connectivity index is 1.79. The molecule has 1 heterocycles. The summed E-state index contributed by atoms with van der Waals surface area (Å²) < 4.78 is 25.3. The molecule has 1 aliphatic carbocycles. The maximum Gasteiger partial charge on any atom is 0.271 e. The maximum absolute atomic E-state index is 12.7. The molecule has 1 fully saturated rings. The third-order valence-corrected chi connectivity index (χ3v) is 3.86. The second kappa shape index (κ2) is 4.94. The van der Waals surface area contributed by atoms with Gasteiger partial charge in [-0.2, -0.15) is 0 Å². The Hall–Kier alpha value is -0.810. The lowest BCUT2D eigenvalue weighted by atomic mass is 9.91. The zero-order valence-electron chi connectivity index (χ0n) is 11.9. The standard InChI is InChI=1S/C14H22F2N2O/c1-13(2,3)18-6-4-17(5-7-18)10-12(19)11-8-14(15,16)9-11/h8H,4-7,9-10H2,1-3H3. The van der Waals surface area contributed by atoms with Crippen LogP contribution in [0.5, 0.6) is 0 Å². The topological polar surface area (TPSA) is 23.6 Å². The molecule has 0 aromatic heterocycles. The molecular weight excluding hydrogens is 250 g/mol. The molecular formula is C14H22F2N2O. The van der Waals surface area contributed by atoms with Gasteiger partial charge in [0.2, 0.25) is 0 Å². The molecule has 0 radical (unpaired) electrons. The quantitative estimate of drug-likeness (QED) is 0.784. The third-order valence-electron chi connectivity index (χ3n) is 3.86. The van der Waals surface area contributed by atoms with Crippen LogP contribution in [-0.2, 0) is 4.79 Å². The fourth-order valence-corrected chi connectivity index (χ4v) is 2.54. The van der Waals surface area contributed by atoms with Crippen LogP contribution in [0.2, 0.25) is 0 Å². The van der Waals surface area contributed by atoms with E-state index < -0.39 is 5.92 Å². The normalized spacial score (nSPS) is 24.8. The molecule has 0 amide bonds. The average molecular weight is 272 g/mol. The number of hydrogen-bond acceptors (Lipinski definition) is 3. The molecule has 0 unspecified atom stereocenters. The molecule has 0 bridgehead atoms. The lowest BCUT2D eigenvalue weighted by Crippen LogP contribution is -2.54. The summed E-state index contributed by atoms with van der Waals surface area (Å²) in [5.74, 6) is -2.90. The minimum atomic E-state index is -2.75. The number of halogens is 2. The van der Waals surface area contributed by atoms with Crippen molar-refractivity contribution in [3.8, 4) is 0 Å². The summed E-state index contributed by atoms with van der Waals surface area (Å²) in [6.07, 6.45) is 0.425. The Morgan fingerprint density at radius 1 is 1.26 bits per heavy atom. The van der Waals surface area contributed by atoms with E-state index in [1.807, 2.05) is 0 Å². The SMILES string of the molecule is CC(C)(C)N1CCN(CC(=O)C2=CC(F)(F)C2)CC1. The van der Waals surface area contributed by atoms with Crippen molar-refractivity contribution in [2.75, 3.05) is 32.7 Å². The highest BCUT2D eigenvalue weighted by Crippen LogP contribution is 2.36.